The zero-order valence-electron chi connectivity index (χ0n) is 14.2. The second-order valence-corrected chi connectivity index (χ2v) is 6.37. The third-order valence-corrected chi connectivity index (χ3v) is 4.08. The molecule has 2 aromatic rings. The molecule has 132 valence electrons. The number of benzene rings is 2. The first-order valence-electron chi connectivity index (χ1n) is 7.82. The summed E-state index contributed by atoms with van der Waals surface area (Å²) >= 11 is 3.36. The maximum absolute atomic E-state index is 12.1. The number of Topliss-reactive ketones (excluding diaryl/α,β-unsaturated/α-hetero) is 1. The summed E-state index contributed by atoms with van der Waals surface area (Å²) in [6.45, 7) is 2.16. The molecule has 2 aromatic carbocycles. The quantitative estimate of drug-likeness (QED) is 0.629. The summed E-state index contributed by atoms with van der Waals surface area (Å²) in [6.07, 6.45) is 0. The van der Waals surface area contributed by atoms with Gasteiger partial charge in [-0.05, 0) is 43.3 Å². The fraction of sp³-hybridized carbons (Fsp3) is 0.263. The van der Waals surface area contributed by atoms with Gasteiger partial charge in [0.1, 0.15) is 18.1 Å². The summed E-state index contributed by atoms with van der Waals surface area (Å²) < 4.78 is 12.1. The molecule has 0 unspecified atom stereocenters. The van der Waals surface area contributed by atoms with Gasteiger partial charge in [0.15, 0.2) is 12.4 Å². The van der Waals surface area contributed by atoms with E-state index < -0.39 is 0 Å². The van der Waals surface area contributed by atoms with Crippen molar-refractivity contribution in [2.24, 2.45) is 0 Å². The molecule has 0 spiro atoms. The fourth-order valence-corrected chi connectivity index (χ4v) is 2.35. The lowest BCUT2D eigenvalue weighted by Gasteiger charge is -2.18. The summed E-state index contributed by atoms with van der Waals surface area (Å²) in [5, 5.41) is 0. The molecule has 6 heteroatoms. The Labute approximate surface area is 155 Å². The smallest absolute Gasteiger partial charge is 0.260 e. The second-order valence-electron chi connectivity index (χ2n) is 5.46. The van der Waals surface area contributed by atoms with Crippen molar-refractivity contribution in [3.8, 4) is 11.5 Å². The number of hydrogen-bond donors (Lipinski definition) is 0. The van der Waals surface area contributed by atoms with Gasteiger partial charge in [-0.1, -0.05) is 28.1 Å². The number of rotatable bonds is 8. The number of halogens is 1. The molecule has 0 saturated carbocycles. The van der Waals surface area contributed by atoms with Gasteiger partial charge in [0.2, 0.25) is 0 Å². The van der Waals surface area contributed by atoms with Gasteiger partial charge >= 0.3 is 0 Å². The van der Waals surface area contributed by atoms with E-state index in [0.29, 0.717) is 24.5 Å². The van der Waals surface area contributed by atoms with Crippen LogP contribution in [0.5, 0.6) is 11.5 Å². The maximum Gasteiger partial charge on any atom is 0.260 e. The minimum Gasteiger partial charge on any atom is -0.492 e. The van der Waals surface area contributed by atoms with Crippen LogP contribution in [-0.2, 0) is 4.79 Å². The highest BCUT2D eigenvalue weighted by atomic mass is 79.9. The standard InChI is InChI=1S/C19H20BrNO4/c1-14(22)17-5-3-4-6-18(17)25-13-19(23)21(2)11-12-24-16-9-7-15(20)8-10-16/h3-10H,11-13H2,1-2H3. The third kappa shape index (κ3) is 5.90. The molecule has 0 fully saturated rings. The molecule has 0 atom stereocenters. The van der Waals surface area contributed by atoms with Crippen LogP contribution in [0.2, 0.25) is 0 Å². The molecule has 0 radical (unpaired) electrons. The van der Waals surface area contributed by atoms with Crippen molar-refractivity contribution in [3.63, 3.8) is 0 Å². The van der Waals surface area contributed by atoms with E-state index in [-0.39, 0.29) is 18.3 Å². The molecular formula is C19H20BrNO4. The maximum atomic E-state index is 12.1. The molecule has 1 amide bonds. The SMILES string of the molecule is CC(=O)c1ccccc1OCC(=O)N(C)CCOc1ccc(Br)cc1. The molecule has 0 saturated heterocycles. The number of amides is 1. The highest BCUT2D eigenvalue weighted by molar-refractivity contribution is 9.10. The second kappa shape index (κ2) is 9.22. The van der Waals surface area contributed by atoms with E-state index in [0.717, 1.165) is 10.2 Å². The summed E-state index contributed by atoms with van der Waals surface area (Å²) in [5.41, 5.74) is 0.469. The van der Waals surface area contributed by atoms with Crippen LogP contribution in [0, 0.1) is 0 Å². The third-order valence-electron chi connectivity index (χ3n) is 3.55. The molecule has 0 aromatic heterocycles. The van der Waals surface area contributed by atoms with Gasteiger partial charge in [0.05, 0.1) is 12.1 Å². The molecule has 0 aliphatic rings. The van der Waals surface area contributed by atoms with E-state index >= 15 is 0 Å². The minimum atomic E-state index is -0.183. The lowest BCUT2D eigenvalue weighted by Crippen LogP contribution is -2.34. The number of nitrogens with zero attached hydrogens (tertiary/aromatic N) is 1. The molecule has 25 heavy (non-hydrogen) atoms. The Morgan fingerprint density at radius 3 is 2.40 bits per heavy atom. The first kappa shape index (κ1) is 19.0. The fourth-order valence-electron chi connectivity index (χ4n) is 2.09. The van der Waals surface area contributed by atoms with Crippen molar-refractivity contribution in [2.75, 3.05) is 26.8 Å². The van der Waals surface area contributed by atoms with Crippen LogP contribution in [0.15, 0.2) is 53.0 Å². The Balaban J connectivity index is 1.78. The predicted molar refractivity (Wildman–Crippen MR) is 99.2 cm³/mol. The first-order valence-corrected chi connectivity index (χ1v) is 8.62. The summed E-state index contributed by atoms with van der Waals surface area (Å²) in [4.78, 5) is 25.2. The van der Waals surface area contributed by atoms with E-state index in [1.165, 1.54) is 11.8 Å². The van der Waals surface area contributed by atoms with Crippen LogP contribution < -0.4 is 9.47 Å². The zero-order chi connectivity index (χ0) is 18.2. The van der Waals surface area contributed by atoms with Crippen LogP contribution in [0.4, 0.5) is 0 Å². The molecular weight excluding hydrogens is 386 g/mol. The Morgan fingerprint density at radius 1 is 1.04 bits per heavy atom. The van der Waals surface area contributed by atoms with Gasteiger partial charge in [-0.25, -0.2) is 0 Å². The van der Waals surface area contributed by atoms with Gasteiger partial charge in [-0.3, -0.25) is 9.59 Å². The predicted octanol–water partition coefficient (Wildman–Crippen LogP) is 3.57. The number of hydrogen-bond acceptors (Lipinski definition) is 4. The monoisotopic (exact) mass is 405 g/mol. The van der Waals surface area contributed by atoms with Crippen molar-refractivity contribution in [1.82, 2.24) is 4.90 Å². The molecule has 0 bridgehead atoms. The summed E-state index contributed by atoms with van der Waals surface area (Å²) in [7, 11) is 1.69. The number of carbonyl (C=O) groups is 2. The van der Waals surface area contributed by atoms with Crippen molar-refractivity contribution in [2.45, 2.75) is 6.92 Å². The molecule has 2 rings (SSSR count). The van der Waals surface area contributed by atoms with Gasteiger partial charge in [0, 0.05) is 11.5 Å². The van der Waals surface area contributed by atoms with E-state index in [1.807, 2.05) is 24.3 Å². The highest BCUT2D eigenvalue weighted by Gasteiger charge is 2.12. The van der Waals surface area contributed by atoms with Crippen molar-refractivity contribution >= 4 is 27.6 Å². The molecule has 0 aliphatic carbocycles. The summed E-state index contributed by atoms with van der Waals surface area (Å²) in [6, 6.07) is 14.4. The van der Waals surface area contributed by atoms with E-state index in [4.69, 9.17) is 9.47 Å². The number of carbonyl (C=O) groups excluding carboxylic acids is 2. The van der Waals surface area contributed by atoms with Crippen LogP contribution in [0.1, 0.15) is 17.3 Å². The van der Waals surface area contributed by atoms with Gasteiger partial charge in [-0.15, -0.1) is 0 Å². The molecule has 0 N–H and O–H groups in total. The van der Waals surface area contributed by atoms with Gasteiger partial charge < -0.3 is 14.4 Å². The van der Waals surface area contributed by atoms with Crippen molar-refractivity contribution < 1.29 is 19.1 Å². The van der Waals surface area contributed by atoms with Crippen molar-refractivity contribution in [1.29, 1.82) is 0 Å². The molecule has 5 nitrogen and oxygen atoms in total. The van der Waals surface area contributed by atoms with E-state index in [1.54, 1.807) is 31.3 Å². The number of likely N-dealkylation sites (N-methyl/N-ethyl adjacent to an activating group) is 1. The Bertz CT molecular complexity index is 730. The Morgan fingerprint density at radius 2 is 1.72 bits per heavy atom. The van der Waals surface area contributed by atoms with Crippen LogP contribution >= 0.6 is 15.9 Å². The van der Waals surface area contributed by atoms with E-state index in [2.05, 4.69) is 15.9 Å². The molecule has 0 aliphatic heterocycles. The average molecular weight is 406 g/mol. The normalized spacial score (nSPS) is 10.2. The summed E-state index contributed by atoms with van der Waals surface area (Å²) in [5.74, 6) is 0.885. The van der Waals surface area contributed by atoms with Crippen molar-refractivity contribution in [3.05, 3.63) is 58.6 Å². The van der Waals surface area contributed by atoms with Crippen LogP contribution in [-0.4, -0.2) is 43.4 Å². The van der Waals surface area contributed by atoms with Crippen LogP contribution in [0.3, 0.4) is 0 Å². The average Bonchev–Trinajstić information content (AvgIpc) is 2.61. The number of ether oxygens (including phenoxy) is 2. The van der Waals surface area contributed by atoms with E-state index in [9.17, 15) is 9.59 Å². The molecule has 0 heterocycles. The number of para-hydroxylation sites is 1. The minimum absolute atomic E-state index is 0.0979. The largest absolute Gasteiger partial charge is 0.492 e. The van der Waals surface area contributed by atoms with Gasteiger partial charge in [-0.2, -0.15) is 0 Å². The Kier molecular flexibility index (Phi) is 7.01. The number of ketones is 1. The highest BCUT2D eigenvalue weighted by Crippen LogP contribution is 2.18. The zero-order valence-corrected chi connectivity index (χ0v) is 15.8. The van der Waals surface area contributed by atoms with Gasteiger partial charge in [0.25, 0.3) is 5.91 Å². The lowest BCUT2D eigenvalue weighted by molar-refractivity contribution is -0.132. The lowest BCUT2D eigenvalue weighted by atomic mass is 10.1. The Hall–Kier alpha value is -2.34. The topological polar surface area (TPSA) is 55.8 Å². The first-order chi connectivity index (χ1) is 12.0. The van der Waals surface area contributed by atoms with Crippen LogP contribution in [0.25, 0.3) is 0 Å².